The van der Waals surface area contributed by atoms with E-state index in [9.17, 15) is 4.79 Å². The third kappa shape index (κ3) is 2.44. The molecule has 0 aromatic heterocycles. The van der Waals surface area contributed by atoms with Crippen molar-refractivity contribution < 1.29 is 14.3 Å². The summed E-state index contributed by atoms with van der Waals surface area (Å²) in [5.74, 6) is 0.553. The van der Waals surface area contributed by atoms with Gasteiger partial charge in [-0.2, -0.15) is 0 Å². The van der Waals surface area contributed by atoms with Crippen LogP contribution in [0.15, 0.2) is 0 Å². The molecule has 0 N–H and O–H groups in total. The van der Waals surface area contributed by atoms with Crippen molar-refractivity contribution in [2.45, 2.75) is 25.0 Å². The third-order valence-corrected chi connectivity index (χ3v) is 3.29. The van der Waals surface area contributed by atoms with Crippen molar-refractivity contribution in [3.8, 4) is 0 Å². The van der Waals surface area contributed by atoms with Gasteiger partial charge in [-0.3, -0.25) is 4.79 Å². The fourth-order valence-corrected chi connectivity index (χ4v) is 2.42. The predicted molar refractivity (Wildman–Crippen MR) is 56.0 cm³/mol. The molecular formula is C10H16ClNO3. The fraction of sp³-hybridized carbons (Fsp3) is 0.900. The Kier molecular flexibility index (Phi) is 3.83. The van der Waals surface area contributed by atoms with Crippen molar-refractivity contribution in [3.05, 3.63) is 0 Å². The summed E-state index contributed by atoms with van der Waals surface area (Å²) in [6.45, 7) is 2.28. The van der Waals surface area contributed by atoms with Crippen LogP contribution in [0.5, 0.6) is 0 Å². The molecule has 2 fully saturated rings. The predicted octanol–water partition coefficient (Wildman–Crippen LogP) is 0.632. The van der Waals surface area contributed by atoms with Gasteiger partial charge in [0.2, 0.25) is 0 Å². The van der Waals surface area contributed by atoms with Crippen LogP contribution < -0.4 is 0 Å². The molecule has 0 radical (unpaired) electrons. The van der Waals surface area contributed by atoms with E-state index >= 15 is 0 Å². The maximum Gasteiger partial charge on any atom is 0.254 e. The fourth-order valence-electron chi connectivity index (χ4n) is 2.10. The first-order valence-electron chi connectivity index (χ1n) is 5.38. The van der Waals surface area contributed by atoms with Gasteiger partial charge in [0.15, 0.2) is 6.10 Å². The van der Waals surface area contributed by atoms with Gasteiger partial charge in [0.25, 0.3) is 5.91 Å². The van der Waals surface area contributed by atoms with E-state index in [4.69, 9.17) is 21.1 Å². The highest BCUT2D eigenvalue weighted by molar-refractivity contribution is 6.18. The van der Waals surface area contributed by atoms with Crippen LogP contribution in [0.25, 0.3) is 0 Å². The maximum atomic E-state index is 12.0. The van der Waals surface area contributed by atoms with Crippen LogP contribution in [-0.4, -0.2) is 55.2 Å². The van der Waals surface area contributed by atoms with E-state index in [1.54, 1.807) is 0 Å². The molecule has 0 bridgehead atoms. The number of hydrogen-bond acceptors (Lipinski definition) is 3. The highest BCUT2D eigenvalue weighted by atomic mass is 35.5. The molecule has 1 amide bonds. The van der Waals surface area contributed by atoms with Crippen LogP contribution in [-0.2, 0) is 14.3 Å². The Morgan fingerprint density at radius 2 is 2.33 bits per heavy atom. The van der Waals surface area contributed by atoms with Crippen LogP contribution in [0.4, 0.5) is 0 Å². The Bertz CT molecular complexity index is 231. The van der Waals surface area contributed by atoms with Gasteiger partial charge in [0, 0.05) is 18.5 Å². The standard InChI is InChI=1S/C10H16ClNO3/c11-6-8-2-1-3-12(8)10(13)9-7-14-4-5-15-9/h8-9H,1-7H2/t8-,9?/m0/s1. The number of amides is 1. The molecule has 0 aliphatic carbocycles. The van der Waals surface area contributed by atoms with E-state index in [1.165, 1.54) is 0 Å². The number of likely N-dealkylation sites (tertiary alicyclic amines) is 1. The summed E-state index contributed by atoms with van der Waals surface area (Å²) in [7, 11) is 0. The van der Waals surface area contributed by atoms with Gasteiger partial charge in [-0.05, 0) is 12.8 Å². The molecule has 1 unspecified atom stereocenters. The van der Waals surface area contributed by atoms with Crippen molar-refractivity contribution >= 4 is 17.5 Å². The number of nitrogens with zero attached hydrogens (tertiary/aromatic N) is 1. The molecule has 0 saturated carbocycles. The number of hydrogen-bond donors (Lipinski definition) is 0. The van der Waals surface area contributed by atoms with Crippen LogP contribution in [0.1, 0.15) is 12.8 Å². The molecule has 2 saturated heterocycles. The van der Waals surface area contributed by atoms with E-state index < -0.39 is 6.10 Å². The lowest BCUT2D eigenvalue weighted by Gasteiger charge is -2.29. The van der Waals surface area contributed by atoms with E-state index in [1.807, 2.05) is 4.90 Å². The number of carbonyl (C=O) groups is 1. The number of alkyl halides is 1. The number of ether oxygens (including phenoxy) is 2. The van der Waals surface area contributed by atoms with Crippen LogP contribution in [0, 0.1) is 0 Å². The Labute approximate surface area is 94.5 Å². The zero-order valence-corrected chi connectivity index (χ0v) is 9.41. The van der Waals surface area contributed by atoms with Crippen LogP contribution >= 0.6 is 11.6 Å². The normalized spacial score (nSPS) is 31.9. The minimum atomic E-state index is -0.414. The second-order valence-corrected chi connectivity index (χ2v) is 4.22. The van der Waals surface area contributed by atoms with Gasteiger partial charge in [0.05, 0.1) is 19.8 Å². The molecule has 0 aromatic rings. The summed E-state index contributed by atoms with van der Waals surface area (Å²) in [5.41, 5.74) is 0. The van der Waals surface area contributed by atoms with Crippen molar-refractivity contribution in [2.24, 2.45) is 0 Å². The highest BCUT2D eigenvalue weighted by Crippen LogP contribution is 2.20. The molecule has 5 heteroatoms. The van der Waals surface area contributed by atoms with Gasteiger partial charge >= 0.3 is 0 Å². The minimum Gasteiger partial charge on any atom is -0.376 e. The molecule has 2 heterocycles. The lowest BCUT2D eigenvalue weighted by atomic mass is 10.2. The van der Waals surface area contributed by atoms with Crippen molar-refractivity contribution in [2.75, 3.05) is 32.2 Å². The zero-order valence-electron chi connectivity index (χ0n) is 8.65. The van der Waals surface area contributed by atoms with Gasteiger partial charge in [-0.1, -0.05) is 0 Å². The summed E-state index contributed by atoms with van der Waals surface area (Å²) in [5, 5.41) is 0. The molecule has 4 nitrogen and oxygen atoms in total. The first-order valence-corrected chi connectivity index (χ1v) is 5.92. The minimum absolute atomic E-state index is 0.0397. The lowest BCUT2D eigenvalue weighted by Crippen LogP contribution is -2.47. The number of carbonyl (C=O) groups excluding carboxylic acids is 1. The molecule has 2 aliphatic heterocycles. The molecule has 15 heavy (non-hydrogen) atoms. The van der Waals surface area contributed by atoms with Crippen LogP contribution in [0.2, 0.25) is 0 Å². The first kappa shape index (κ1) is 11.2. The molecular weight excluding hydrogens is 218 g/mol. The van der Waals surface area contributed by atoms with E-state index in [-0.39, 0.29) is 11.9 Å². The smallest absolute Gasteiger partial charge is 0.254 e. The van der Waals surface area contributed by atoms with E-state index in [0.29, 0.717) is 25.7 Å². The van der Waals surface area contributed by atoms with Gasteiger partial charge in [0.1, 0.15) is 0 Å². The molecule has 2 aliphatic rings. The van der Waals surface area contributed by atoms with E-state index in [2.05, 4.69) is 0 Å². The van der Waals surface area contributed by atoms with Crippen molar-refractivity contribution in [1.29, 1.82) is 0 Å². The van der Waals surface area contributed by atoms with E-state index in [0.717, 1.165) is 19.4 Å². The Balaban J connectivity index is 1.93. The quantitative estimate of drug-likeness (QED) is 0.657. The van der Waals surface area contributed by atoms with Crippen LogP contribution in [0.3, 0.4) is 0 Å². The molecule has 2 rings (SSSR count). The first-order chi connectivity index (χ1) is 7.33. The lowest BCUT2D eigenvalue weighted by molar-refractivity contribution is -0.158. The summed E-state index contributed by atoms with van der Waals surface area (Å²) in [6, 6.07) is 0.185. The molecule has 0 spiro atoms. The topological polar surface area (TPSA) is 38.8 Å². The Hall–Kier alpha value is -0.320. The second kappa shape index (κ2) is 5.14. The molecule has 86 valence electrons. The molecule has 0 aromatic carbocycles. The number of rotatable bonds is 2. The number of halogens is 1. The SMILES string of the molecule is O=C(C1COCCO1)N1CCC[C@H]1CCl. The average molecular weight is 234 g/mol. The third-order valence-electron chi connectivity index (χ3n) is 2.93. The summed E-state index contributed by atoms with van der Waals surface area (Å²) in [6.07, 6.45) is 1.63. The monoisotopic (exact) mass is 233 g/mol. The maximum absolute atomic E-state index is 12.0. The second-order valence-electron chi connectivity index (χ2n) is 3.92. The highest BCUT2D eigenvalue weighted by Gasteiger charge is 2.34. The summed E-state index contributed by atoms with van der Waals surface area (Å²) in [4.78, 5) is 13.9. The van der Waals surface area contributed by atoms with Gasteiger partial charge < -0.3 is 14.4 Å². The molecule has 2 atom stereocenters. The largest absolute Gasteiger partial charge is 0.376 e. The Morgan fingerprint density at radius 3 is 3.00 bits per heavy atom. The van der Waals surface area contributed by atoms with Crippen molar-refractivity contribution in [3.63, 3.8) is 0 Å². The summed E-state index contributed by atoms with van der Waals surface area (Å²) < 4.78 is 10.6. The zero-order chi connectivity index (χ0) is 10.7. The average Bonchev–Trinajstić information content (AvgIpc) is 2.77. The van der Waals surface area contributed by atoms with Gasteiger partial charge in [-0.15, -0.1) is 11.6 Å². The van der Waals surface area contributed by atoms with Crippen molar-refractivity contribution in [1.82, 2.24) is 4.90 Å². The summed E-state index contributed by atoms with van der Waals surface area (Å²) >= 11 is 5.82. The van der Waals surface area contributed by atoms with Gasteiger partial charge in [-0.25, -0.2) is 0 Å². The Morgan fingerprint density at radius 1 is 1.47 bits per heavy atom.